The number of Topliss-reactive ketones (excluding diaryl/α,β-unsaturated/α-hetero) is 1. The van der Waals surface area contributed by atoms with Crippen LogP contribution in [0.2, 0.25) is 0 Å². The van der Waals surface area contributed by atoms with E-state index in [4.69, 9.17) is 23.7 Å². The van der Waals surface area contributed by atoms with E-state index >= 15 is 0 Å². The maximum absolute atomic E-state index is 11.7. The molecular formula is C31H62O6. The summed E-state index contributed by atoms with van der Waals surface area (Å²) in [7, 11) is 0. The topological polar surface area (TPSA) is 63.2 Å². The number of ether oxygens (including phenoxy) is 5. The van der Waals surface area contributed by atoms with Gasteiger partial charge in [-0.1, -0.05) is 104 Å². The van der Waals surface area contributed by atoms with Crippen LogP contribution in [0.3, 0.4) is 0 Å². The van der Waals surface area contributed by atoms with E-state index in [1.165, 1.54) is 83.5 Å². The molecule has 0 radical (unpaired) electrons. The third kappa shape index (κ3) is 29.9. The van der Waals surface area contributed by atoms with Crippen molar-refractivity contribution in [3.63, 3.8) is 0 Å². The maximum Gasteiger partial charge on any atom is 0.158 e. The van der Waals surface area contributed by atoms with Gasteiger partial charge in [0.15, 0.2) is 5.78 Å². The van der Waals surface area contributed by atoms with Gasteiger partial charge in [0.05, 0.1) is 52.9 Å². The van der Waals surface area contributed by atoms with Crippen LogP contribution in [0, 0.1) is 5.92 Å². The summed E-state index contributed by atoms with van der Waals surface area (Å²) in [4.78, 5) is 11.7. The molecule has 0 aliphatic heterocycles. The van der Waals surface area contributed by atoms with Crippen LogP contribution < -0.4 is 0 Å². The number of carbonyl (C=O) groups excluding carboxylic acids is 1. The van der Waals surface area contributed by atoms with E-state index in [2.05, 4.69) is 20.8 Å². The minimum absolute atomic E-state index is 0.185. The van der Waals surface area contributed by atoms with Gasteiger partial charge < -0.3 is 23.7 Å². The van der Waals surface area contributed by atoms with Crippen LogP contribution in [0.4, 0.5) is 0 Å². The molecule has 0 aliphatic rings. The number of unbranched alkanes of at least 4 members (excludes halogenated alkanes) is 9. The lowest BCUT2D eigenvalue weighted by atomic mass is 9.92. The second-order valence-corrected chi connectivity index (χ2v) is 10.2. The Labute approximate surface area is 229 Å². The van der Waals surface area contributed by atoms with E-state index in [1.807, 2.05) is 0 Å². The van der Waals surface area contributed by atoms with Crippen LogP contribution in [0.5, 0.6) is 0 Å². The molecule has 0 saturated heterocycles. The Hall–Kier alpha value is -0.530. The Morgan fingerprint density at radius 3 is 1.32 bits per heavy atom. The molecule has 0 heterocycles. The van der Waals surface area contributed by atoms with Crippen molar-refractivity contribution in [2.24, 2.45) is 5.92 Å². The Morgan fingerprint density at radius 2 is 0.865 bits per heavy atom. The molecule has 37 heavy (non-hydrogen) atoms. The normalized spacial score (nSPS) is 11.6. The van der Waals surface area contributed by atoms with Gasteiger partial charge in [0.25, 0.3) is 0 Å². The molecule has 0 N–H and O–H groups in total. The first kappa shape index (κ1) is 36.5. The van der Waals surface area contributed by atoms with Crippen molar-refractivity contribution < 1.29 is 28.5 Å². The van der Waals surface area contributed by atoms with Crippen molar-refractivity contribution in [3.8, 4) is 0 Å². The maximum atomic E-state index is 11.7. The zero-order valence-corrected chi connectivity index (χ0v) is 24.9. The molecule has 0 spiro atoms. The number of hydrogen-bond donors (Lipinski definition) is 0. The smallest absolute Gasteiger partial charge is 0.158 e. The summed E-state index contributed by atoms with van der Waals surface area (Å²) in [6, 6.07) is 0. The zero-order chi connectivity index (χ0) is 27.1. The highest BCUT2D eigenvalue weighted by atomic mass is 16.6. The van der Waals surface area contributed by atoms with E-state index in [-0.39, 0.29) is 12.4 Å². The molecule has 0 aromatic rings. The molecule has 0 amide bonds. The summed E-state index contributed by atoms with van der Waals surface area (Å²) in [5.74, 6) is 1.00. The van der Waals surface area contributed by atoms with E-state index in [9.17, 15) is 4.79 Å². The Morgan fingerprint density at radius 1 is 0.459 bits per heavy atom. The average molecular weight is 531 g/mol. The Balaban J connectivity index is 3.43. The zero-order valence-electron chi connectivity index (χ0n) is 24.9. The van der Waals surface area contributed by atoms with E-state index in [0.29, 0.717) is 59.3 Å². The molecule has 0 saturated carbocycles. The first-order valence-electron chi connectivity index (χ1n) is 15.6. The minimum atomic E-state index is 0.185. The number of carbonyl (C=O) groups is 1. The molecule has 0 aromatic heterocycles. The standard InChI is InChI=1S/C31H62O6/c1-4-7-10-13-16-30(17-14-11-8-5-2)19-20-33-21-22-34-23-24-35-25-26-36-27-28-37-29-31(32)18-15-12-9-6-3/h30H,4-29H2,1-3H3. The van der Waals surface area contributed by atoms with Gasteiger partial charge in [0, 0.05) is 13.0 Å². The van der Waals surface area contributed by atoms with Gasteiger partial charge in [-0.05, 0) is 18.8 Å². The fourth-order valence-electron chi connectivity index (χ4n) is 4.29. The van der Waals surface area contributed by atoms with Crippen LogP contribution in [-0.2, 0) is 28.5 Å². The molecule has 0 atom stereocenters. The number of hydrogen-bond acceptors (Lipinski definition) is 6. The second kappa shape index (κ2) is 31.7. The van der Waals surface area contributed by atoms with Gasteiger partial charge >= 0.3 is 0 Å². The van der Waals surface area contributed by atoms with Crippen LogP contribution in [0.15, 0.2) is 0 Å². The van der Waals surface area contributed by atoms with Gasteiger partial charge in [0.1, 0.15) is 6.61 Å². The van der Waals surface area contributed by atoms with Crippen LogP contribution in [0.1, 0.15) is 124 Å². The van der Waals surface area contributed by atoms with Crippen LogP contribution in [0.25, 0.3) is 0 Å². The average Bonchev–Trinajstić information content (AvgIpc) is 2.90. The fourth-order valence-corrected chi connectivity index (χ4v) is 4.29. The predicted octanol–water partition coefficient (Wildman–Crippen LogP) is 7.56. The third-order valence-electron chi connectivity index (χ3n) is 6.66. The van der Waals surface area contributed by atoms with E-state index in [1.54, 1.807) is 0 Å². The molecule has 0 bridgehead atoms. The molecule has 0 aromatic carbocycles. The van der Waals surface area contributed by atoms with Crippen molar-refractivity contribution in [2.75, 3.05) is 66.1 Å². The highest BCUT2D eigenvalue weighted by molar-refractivity contribution is 5.79. The van der Waals surface area contributed by atoms with E-state index in [0.717, 1.165) is 25.4 Å². The van der Waals surface area contributed by atoms with Gasteiger partial charge in [-0.2, -0.15) is 0 Å². The number of rotatable bonds is 32. The summed E-state index contributed by atoms with van der Waals surface area (Å²) >= 11 is 0. The lowest BCUT2D eigenvalue weighted by Crippen LogP contribution is -2.15. The molecule has 222 valence electrons. The Bertz CT molecular complexity index is 433. The molecule has 0 fully saturated rings. The molecule has 0 unspecified atom stereocenters. The van der Waals surface area contributed by atoms with Gasteiger partial charge in [0.2, 0.25) is 0 Å². The van der Waals surface area contributed by atoms with Crippen LogP contribution in [-0.4, -0.2) is 71.9 Å². The van der Waals surface area contributed by atoms with Crippen LogP contribution >= 0.6 is 0 Å². The summed E-state index contributed by atoms with van der Waals surface area (Å²) in [5, 5.41) is 0. The highest BCUT2D eigenvalue weighted by Crippen LogP contribution is 2.21. The molecule has 6 nitrogen and oxygen atoms in total. The first-order valence-corrected chi connectivity index (χ1v) is 15.6. The summed E-state index contributed by atoms with van der Waals surface area (Å²) in [5.41, 5.74) is 0. The lowest BCUT2D eigenvalue weighted by Gasteiger charge is -2.17. The second-order valence-electron chi connectivity index (χ2n) is 10.2. The molecule has 6 heteroatoms. The third-order valence-corrected chi connectivity index (χ3v) is 6.66. The molecule has 0 aliphatic carbocycles. The minimum Gasteiger partial charge on any atom is -0.379 e. The van der Waals surface area contributed by atoms with Crippen molar-refractivity contribution in [2.45, 2.75) is 124 Å². The molecular weight excluding hydrogens is 468 g/mol. The van der Waals surface area contributed by atoms with Gasteiger partial charge in [-0.3, -0.25) is 4.79 Å². The van der Waals surface area contributed by atoms with Crippen molar-refractivity contribution in [1.82, 2.24) is 0 Å². The molecule has 0 rings (SSSR count). The van der Waals surface area contributed by atoms with Gasteiger partial charge in [-0.25, -0.2) is 0 Å². The fraction of sp³-hybridized carbons (Fsp3) is 0.968. The quantitative estimate of drug-likeness (QED) is 0.0836. The number of ketones is 1. The van der Waals surface area contributed by atoms with Crippen molar-refractivity contribution in [3.05, 3.63) is 0 Å². The predicted molar refractivity (Wildman–Crippen MR) is 153 cm³/mol. The monoisotopic (exact) mass is 530 g/mol. The van der Waals surface area contributed by atoms with Crippen molar-refractivity contribution in [1.29, 1.82) is 0 Å². The van der Waals surface area contributed by atoms with Gasteiger partial charge in [-0.15, -0.1) is 0 Å². The largest absolute Gasteiger partial charge is 0.379 e. The SMILES string of the molecule is CCCCCCC(=O)COCCOCCOCCOCCOCCC(CCCCCC)CCCCCC. The summed E-state index contributed by atoms with van der Waals surface area (Å²) in [6.45, 7) is 12.2. The van der Waals surface area contributed by atoms with E-state index < -0.39 is 0 Å². The van der Waals surface area contributed by atoms with Crippen molar-refractivity contribution >= 4 is 5.78 Å². The lowest BCUT2D eigenvalue weighted by molar-refractivity contribution is -0.124. The highest BCUT2D eigenvalue weighted by Gasteiger charge is 2.09. The summed E-state index contributed by atoms with van der Waals surface area (Å²) in [6.07, 6.45) is 19.9. The first-order chi connectivity index (χ1) is 18.2. The Kier molecular flexibility index (Phi) is 31.2. The summed E-state index contributed by atoms with van der Waals surface area (Å²) < 4.78 is 27.8.